The van der Waals surface area contributed by atoms with Crippen molar-refractivity contribution in [1.29, 1.82) is 0 Å². The Morgan fingerprint density at radius 3 is 2.22 bits per heavy atom. The fourth-order valence-electron chi connectivity index (χ4n) is 3.18. The monoisotopic (exact) mass is 374 g/mol. The lowest BCUT2D eigenvalue weighted by molar-refractivity contribution is -0.128. The smallest absolute Gasteiger partial charge is 0.237 e. The van der Waals surface area contributed by atoms with Crippen molar-refractivity contribution in [2.24, 2.45) is 0 Å². The molecule has 0 aromatic heterocycles. The minimum atomic E-state index is -0.205. The van der Waals surface area contributed by atoms with Crippen molar-refractivity contribution in [3.63, 3.8) is 0 Å². The molecule has 1 aromatic rings. The molecule has 1 atom stereocenters. The van der Waals surface area contributed by atoms with E-state index < -0.39 is 0 Å². The van der Waals surface area contributed by atoms with Gasteiger partial charge in [-0.15, -0.1) is 0 Å². The van der Waals surface area contributed by atoms with Crippen LogP contribution in [-0.4, -0.2) is 65.9 Å². The summed E-state index contributed by atoms with van der Waals surface area (Å²) >= 11 is 0. The summed E-state index contributed by atoms with van der Waals surface area (Å²) in [5.74, 6) is 0.106. The van der Waals surface area contributed by atoms with Crippen molar-refractivity contribution >= 4 is 11.8 Å². The number of carbonyl (C=O) groups is 2. The molecule has 2 amide bonds. The average molecular weight is 375 g/mol. The molecular weight excluding hydrogens is 340 g/mol. The van der Waals surface area contributed by atoms with E-state index >= 15 is 0 Å². The van der Waals surface area contributed by atoms with E-state index in [1.165, 1.54) is 5.56 Å². The summed E-state index contributed by atoms with van der Waals surface area (Å²) in [6.45, 7) is 14.1. The van der Waals surface area contributed by atoms with Crippen molar-refractivity contribution < 1.29 is 9.59 Å². The fourth-order valence-corrected chi connectivity index (χ4v) is 3.18. The zero-order valence-electron chi connectivity index (χ0n) is 17.3. The number of rotatable bonds is 6. The number of benzene rings is 1. The summed E-state index contributed by atoms with van der Waals surface area (Å²) in [6, 6.07) is 8.03. The molecule has 6 nitrogen and oxygen atoms in total. The van der Waals surface area contributed by atoms with Crippen molar-refractivity contribution in [1.82, 2.24) is 20.4 Å². The van der Waals surface area contributed by atoms with E-state index in [9.17, 15) is 9.59 Å². The second kappa shape index (κ2) is 9.33. The van der Waals surface area contributed by atoms with Gasteiger partial charge in [-0.3, -0.25) is 19.4 Å². The molecule has 0 aliphatic carbocycles. The molecule has 0 radical (unpaired) electrons. The molecule has 1 aliphatic rings. The number of aryl methyl sites for hydroxylation is 1. The van der Waals surface area contributed by atoms with Crippen molar-refractivity contribution in [2.45, 2.75) is 52.7 Å². The Labute approximate surface area is 163 Å². The molecule has 1 heterocycles. The molecule has 1 saturated heterocycles. The largest absolute Gasteiger partial charge is 0.351 e. The van der Waals surface area contributed by atoms with Crippen LogP contribution in [0.15, 0.2) is 24.3 Å². The van der Waals surface area contributed by atoms with E-state index in [1.54, 1.807) is 0 Å². The SMILES string of the molecule is Cc1ccc(CNC(=O)C(C)N2CCN(CC(=O)NC(C)(C)C)CC2)cc1. The Morgan fingerprint density at radius 2 is 1.67 bits per heavy atom. The number of amides is 2. The van der Waals surface area contributed by atoms with Crippen LogP contribution in [0.25, 0.3) is 0 Å². The molecule has 150 valence electrons. The summed E-state index contributed by atoms with van der Waals surface area (Å²) in [7, 11) is 0. The lowest BCUT2D eigenvalue weighted by atomic mass is 10.1. The zero-order chi connectivity index (χ0) is 20.0. The van der Waals surface area contributed by atoms with Gasteiger partial charge in [-0.05, 0) is 40.2 Å². The minimum Gasteiger partial charge on any atom is -0.351 e. The highest BCUT2D eigenvalue weighted by molar-refractivity contribution is 5.81. The maximum atomic E-state index is 12.5. The number of piperazine rings is 1. The molecule has 0 bridgehead atoms. The standard InChI is InChI=1S/C21H34N4O2/c1-16-6-8-18(9-7-16)14-22-20(27)17(2)25-12-10-24(11-13-25)15-19(26)23-21(3,4)5/h6-9,17H,10-15H2,1-5H3,(H,22,27)(H,23,26). The molecule has 0 saturated carbocycles. The fraction of sp³-hybridized carbons (Fsp3) is 0.619. The van der Waals surface area contributed by atoms with Crippen LogP contribution >= 0.6 is 0 Å². The summed E-state index contributed by atoms with van der Waals surface area (Å²) in [4.78, 5) is 28.9. The average Bonchev–Trinajstić information content (AvgIpc) is 2.59. The second-order valence-corrected chi connectivity index (χ2v) is 8.49. The van der Waals surface area contributed by atoms with Gasteiger partial charge in [0, 0.05) is 38.3 Å². The van der Waals surface area contributed by atoms with Gasteiger partial charge < -0.3 is 10.6 Å². The van der Waals surface area contributed by atoms with E-state index in [2.05, 4.69) is 39.5 Å². The number of hydrogen-bond acceptors (Lipinski definition) is 4. The molecule has 1 aromatic carbocycles. The van der Waals surface area contributed by atoms with E-state index in [1.807, 2.05) is 39.8 Å². The van der Waals surface area contributed by atoms with Crippen LogP contribution in [0.5, 0.6) is 0 Å². The minimum absolute atomic E-state index is 0.0505. The lowest BCUT2D eigenvalue weighted by Crippen LogP contribution is -2.55. The Balaban J connectivity index is 1.73. The summed E-state index contributed by atoms with van der Waals surface area (Å²) < 4.78 is 0. The Bertz CT molecular complexity index is 629. The van der Waals surface area contributed by atoms with Crippen LogP contribution in [0.1, 0.15) is 38.8 Å². The highest BCUT2D eigenvalue weighted by Crippen LogP contribution is 2.08. The molecule has 1 aliphatic heterocycles. The molecule has 27 heavy (non-hydrogen) atoms. The first-order chi connectivity index (χ1) is 12.6. The van der Waals surface area contributed by atoms with Gasteiger partial charge >= 0.3 is 0 Å². The summed E-state index contributed by atoms with van der Waals surface area (Å²) in [6.07, 6.45) is 0. The van der Waals surface area contributed by atoms with Crippen LogP contribution in [0.2, 0.25) is 0 Å². The van der Waals surface area contributed by atoms with Crippen molar-refractivity contribution in [3.05, 3.63) is 35.4 Å². The van der Waals surface area contributed by atoms with Gasteiger partial charge in [0.25, 0.3) is 0 Å². The third kappa shape index (κ3) is 7.31. The van der Waals surface area contributed by atoms with Crippen molar-refractivity contribution in [2.75, 3.05) is 32.7 Å². The van der Waals surface area contributed by atoms with Gasteiger partial charge in [0.2, 0.25) is 11.8 Å². The maximum absolute atomic E-state index is 12.5. The van der Waals surface area contributed by atoms with Gasteiger partial charge in [0.05, 0.1) is 12.6 Å². The Hall–Kier alpha value is -1.92. The van der Waals surface area contributed by atoms with Gasteiger partial charge in [-0.25, -0.2) is 0 Å². The summed E-state index contributed by atoms with van der Waals surface area (Å²) in [5, 5.41) is 6.02. The second-order valence-electron chi connectivity index (χ2n) is 8.49. The molecule has 1 unspecified atom stereocenters. The van der Waals surface area contributed by atoms with E-state index in [4.69, 9.17) is 0 Å². The molecule has 1 fully saturated rings. The van der Waals surface area contributed by atoms with Gasteiger partial charge in [0.15, 0.2) is 0 Å². The van der Waals surface area contributed by atoms with Crippen LogP contribution in [0.3, 0.4) is 0 Å². The normalized spacial score (nSPS) is 17.4. The van der Waals surface area contributed by atoms with Crippen LogP contribution in [0.4, 0.5) is 0 Å². The van der Waals surface area contributed by atoms with Gasteiger partial charge in [0.1, 0.15) is 0 Å². The van der Waals surface area contributed by atoms with E-state index in [0.29, 0.717) is 13.1 Å². The first kappa shape index (κ1) is 21.4. The first-order valence-corrected chi connectivity index (χ1v) is 9.75. The van der Waals surface area contributed by atoms with Gasteiger partial charge in [-0.1, -0.05) is 29.8 Å². The number of nitrogens with one attached hydrogen (secondary N) is 2. The number of hydrogen-bond donors (Lipinski definition) is 2. The maximum Gasteiger partial charge on any atom is 0.237 e. The van der Waals surface area contributed by atoms with Crippen LogP contribution in [0, 0.1) is 6.92 Å². The predicted molar refractivity (Wildman–Crippen MR) is 108 cm³/mol. The third-order valence-corrected chi connectivity index (χ3v) is 4.80. The zero-order valence-corrected chi connectivity index (χ0v) is 17.3. The topological polar surface area (TPSA) is 64.7 Å². The van der Waals surface area contributed by atoms with Crippen LogP contribution in [-0.2, 0) is 16.1 Å². The Kier molecular flexibility index (Phi) is 7.39. The Morgan fingerprint density at radius 1 is 1.07 bits per heavy atom. The highest BCUT2D eigenvalue weighted by Gasteiger charge is 2.26. The van der Waals surface area contributed by atoms with Crippen molar-refractivity contribution in [3.8, 4) is 0 Å². The third-order valence-electron chi connectivity index (χ3n) is 4.80. The highest BCUT2D eigenvalue weighted by atomic mass is 16.2. The molecule has 6 heteroatoms. The number of carbonyl (C=O) groups excluding carboxylic acids is 2. The van der Waals surface area contributed by atoms with Crippen LogP contribution < -0.4 is 10.6 Å². The predicted octanol–water partition coefficient (Wildman–Crippen LogP) is 1.53. The first-order valence-electron chi connectivity index (χ1n) is 9.75. The molecule has 2 rings (SSSR count). The quantitative estimate of drug-likeness (QED) is 0.793. The summed E-state index contributed by atoms with van der Waals surface area (Å²) in [5.41, 5.74) is 2.12. The molecule has 0 spiro atoms. The van der Waals surface area contributed by atoms with E-state index in [0.717, 1.165) is 31.7 Å². The lowest BCUT2D eigenvalue weighted by Gasteiger charge is -2.37. The van der Waals surface area contributed by atoms with E-state index in [-0.39, 0.29) is 23.4 Å². The number of nitrogens with zero attached hydrogens (tertiary/aromatic N) is 2. The molecular formula is C21H34N4O2. The van der Waals surface area contributed by atoms with Gasteiger partial charge in [-0.2, -0.15) is 0 Å². The molecule has 2 N–H and O–H groups in total.